The van der Waals surface area contributed by atoms with Crippen molar-refractivity contribution < 1.29 is 24.2 Å². The number of nitrogens with one attached hydrogen (secondary N) is 2. The van der Waals surface area contributed by atoms with Crippen molar-refractivity contribution in [3.05, 3.63) is 64.9 Å². The van der Waals surface area contributed by atoms with E-state index in [9.17, 15) is 9.59 Å². The maximum Gasteiger partial charge on any atom is 0.267 e. The van der Waals surface area contributed by atoms with Crippen LogP contribution in [-0.2, 0) is 4.79 Å². The summed E-state index contributed by atoms with van der Waals surface area (Å²) in [6.07, 6.45) is 1.55. The van der Waals surface area contributed by atoms with E-state index < -0.39 is 11.8 Å². The van der Waals surface area contributed by atoms with Gasteiger partial charge in [-0.25, -0.2) is 0 Å². The van der Waals surface area contributed by atoms with Crippen LogP contribution in [0.25, 0.3) is 6.08 Å². The van der Waals surface area contributed by atoms with E-state index in [4.69, 9.17) is 14.6 Å². The Hall–Kier alpha value is -3.32. The number of aliphatic hydroxyl groups is 1. The van der Waals surface area contributed by atoms with Crippen molar-refractivity contribution in [1.82, 2.24) is 10.6 Å². The summed E-state index contributed by atoms with van der Waals surface area (Å²) in [5.41, 5.74) is 2.17. The molecule has 0 radical (unpaired) electrons. The topological polar surface area (TPSA) is 96.9 Å². The Morgan fingerprint density at radius 3 is 2.30 bits per heavy atom. The van der Waals surface area contributed by atoms with Crippen LogP contribution in [0.4, 0.5) is 0 Å². The first-order chi connectivity index (χ1) is 14.5. The van der Waals surface area contributed by atoms with Crippen LogP contribution in [0, 0.1) is 6.92 Å². The molecule has 3 N–H and O–H groups in total. The summed E-state index contributed by atoms with van der Waals surface area (Å²) >= 11 is 0. The fraction of sp³-hybridized carbons (Fsp3) is 0.304. The van der Waals surface area contributed by atoms with Crippen LogP contribution >= 0.6 is 0 Å². The van der Waals surface area contributed by atoms with Gasteiger partial charge in [0.25, 0.3) is 11.8 Å². The minimum atomic E-state index is -0.503. The minimum absolute atomic E-state index is 0.0561. The van der Waals surface area contributed by atoms with Gasteiger partial charge in [0, 0.05) is 12.1 Å². The lowest BCUT2D eigenvalue weighted by molar-refractivity contribution is -0.117. The van der Waals surface area contributed by atoms with Crippen LogP contribution in [0.1, 0.15) is 35.3 Å². The summed E-state index contributed by atoms with van der Waals surface area (Å²) in [6.45, 7) is 6.50. The molecule has 0 fully saturated rings. The zero-order valence-electron chi connectivity index (χ0n) is 17.5. The number of aryl methyl sites for hydroxylation is 1. The fourth-order valence-corrected chi connectivity index (χ4v) is 2.65. The molecule has 7 heteroatoms. The van der Waals surface area contributed by atoms with E-state index in [-0.39, 0.29) is 18.8 Å². The third-order valence-electron chi connectivity index (χ3n) is 4.08. The first-order valence-electron chi connectivity index (χ1n) is 9.86. The van der Waals surface area contributed by atoms with Crippen molar-refractivity contribution >= 4 is 17.9 Å². The largest absolute Gasteiger partial charge is 0.490 e. The molecule has 0 bridgehead atoms. The van der Waals surface area contributed by atoms with E-state index in [0.29, 0.717) is 35.8 Å². The van der Waals surface area contributed by atoms with E-state index in [2.05, 4.69) is 10.6 Å². The van der Waals surface area contributed by atoms with E-state index in [1.807, 2.05) is 32.9 Å². The van der Waals surface area contributed by atoms with Gasteiger partial charge in [-0.1, -0.05) is 23.8 Å². The molecule has 0 aliphatic carbocycles. The molecule has 0 saturated heterocycles. The molecule has 7 nitrogen and oxygen atoms in total. The van der Waals surface area contributed by atoms with Gasteiger partial charge in [0.15, 0.2) is 11.5 Å². The van der Waals surface area contributed by atoms with Crippen molar-refractivity contribution in [1.29, 1.82) is 0 Å². The fourth-order valence-electron chi connectivity index (χ4n) is 2.65. The monoisotopic (exact) mass is 412 g/mol. The Bertz CT molecular complexity index is 891. The molecule has 0 spiro atoms. The predicted molar refractivity (Wildman–Crippen MR) is 115 cm³/mol. The molecule has 0 aliphatic rings. The van der Waals surface area contributed by atoms with Gasteiger partial charge >= 0.3 is 0 Å². The van der Waals surface area contributed by atoms with Gasteiger partial charge in [0.05, 0.1) is 19.8 Å². The Morgan fingerprint density at radius 2 is 1.67 bits per heavy atom. The average Bonchev–Trinajstić information content (AvgIpc) is 2.74. The lowest BCUT2D eigenvalue weighted by Crippen LogP contribution is -2.36. The molecule has 2 aromatic carbocycles. The molecule has 30 heavy (non-hydrogen) atoms. The predicted octanol–water partition coefficient (Wildman–Crippen LogP) is 2.67. The van der Waals surface area contributed by atoms with Crippen molar-refractivity contribution in [3.8, 4) is 11.5 Å². The SMILES string of the molecule is CCOc1ccc(/C=C(\NC(=O)c2ccc(C)cc2)C(=O)NCCO)cc1OCC. The van der Waals surface area contributed by atoms with Crippen LogP contribution in [0.3, 0.4) is 0 Å². The van der Waals surface area contributed by atoms with Gasteiger partial charge in [0.2, 0.25) is 0 Å². The van der Waals surface area contributed by atoms with Crippen molar-refractivity contribution in [2.45, 2.75) is 20.8 Å². The second kappa shape index (κ2) is 11.6. The first kappa shape index (κ1) is 23.0. The van der Waals surface area contributed by atoms with Crippen LogP contribution < -0.4 is 20.1 Å². The number of hydrogen-bond donors (Lipinski definition) is 3. The highest BCUT2D eigenvalue weighted by molar-refractivity contribution is 6.05. The third-order valence-corrected chi connectivity index (χ3v) is 4.08. The molecule has 0 heterocycles. The van der Waals surface area contributed by atoms with Gasteiger partial charge in [-0.05, 0) is 56.7 Å². The summed E-state index contributed by atoms with van der Waals surface area (Å²) in [5, 5.41) is 14.2. The lowest BCUT2D eigenvalue weighted by atomic mass is 10.1. The number of hydrogen-bond acceptors (Lipinski definition) is 5. The molecule has 0 aromatic heterocycles. The third kappa shape index (κ3) is 6.63. The Balaban J connectivity index is 2.34. The molecule has 2 aromatic rings. The number of aliphatic hydroxyl groups excluding tert-OH is 1. The smallest absolute Gasteiger partial charge is 0.267 e. The van der Waals surface area contributed by atoms with Crippen LogP contribution in [0.5, 0.6) is 11.5 Å². The zero-order valence-corrected chi connectivity index (χ0v) is 17.5. The number of amides is 2. The van der Waals surface area contributed by atoms with Crippen molar-refractivity contribution in [3.63, 3.8) is 0 Å². The minimum Gasteiger partial charge on any atom is -0.490 e. The van der Waals surface area contributed by atoms with Gasteiger partial charge in [-0.3, -0.25) is 9.59 Å². The molecule has 2 amide bonds. The molecule has 0 aliphatic heterocycles. The number of benzene rings is 2. The van der Waals surface area contributed by atoms with Crippen molar-refractivity contribution in [2.24, 2.45) is 0 Å². The van der Waals surface area contributed by atoms with E-state index in [0.717, 1.165) is 5.56 Å². The maximum atomic E-state index is 12.6. The molecule has 0 unspecified atom stereocenters. The summed E-state index contributed by atoms with van der Waals surface area (Å²) in [6, 6.07) is 12.3. The maximum absolute atomic E-state index is 12.6. The summed E-state index contributed by atoms with van der Waals surface area (Å²) in [5.74, 6) is 0.243. The van der Waals surface area contributed by atoms with E-state index in [1.165, 1.54) is 0 Å². The summed E-state index contributed by atoms with van der Waals surface area (Å²) in [4.78, 5) is 25.2. The van der Waals surface area contributed by atoms with E-state index >= 15 is 0 Å². The standard InChI is InChI=1S/C23H28N2O5/c1-4-29-20-11-8-17(15-21(20)30-5-2)14-19(23(28)24-12-13-26)25-22(27)18-9-6-16(3)7-10-18/h6-11,14-15,26H,4-5,12-13H2,1-3H3,(H,24,28)(H,25,27)/b19-14-. The Kier molecular flexibility index (Phi) is 8.90. The number of rotatable bonds is 10. The molecule has 0 atom stereocenters. The first-order valence-corrected chi connectivity index (χ1v) is 9.86. The normalized spacial score (nSPS) is 11.0. The highest BCUT2D eigenvalue weighted by atomic mass is 16.5. The second-order valence-corrected chi connectivity index (χ2v) is 6.43. The Labute approximate surface area is 176 Å². The van der Waals surface area contributed by atoms with Crippen LogP contribution in [-0.4, -0.2) is 43.3 Å². The average molecular weight is 412 g/mol. The van der Waals surface area contributed by atoms with E-state index in [1.54, 1.807) is 36.4 Å². The van der Waals surface area contributed by atoms with Crippen LogP contribution in [0.15, 0.2) is 48.2 Å². The highest BCUT2D eigenvalue weighted by Gasteiger charge is 2.15. The quantitative estimate of drug-likeness (QED) is 0.522. The second-order valence-electron chi connectivity index (χ2n) is 6.43. The van der Waals surface area contributed by atoms with Crippen LogP contribution in [0.2, 0.25) is 0 Å². The molecular weight excluding hydrogens is 384 g/mol. The zero-order chi connectivity index (χ0) is 21.9. The number of ether oxygens (including phenoxy) is 2. The molecule has 2 rings (SSSR count). The van der Waals surface area contributed by atoms with Gasteiger partial charge < -0.3 is 25.2 Å². The van der Waals surface area contributed by atoms with Gasteiger partial charge in [-0.15, -0.1) is 0 Å². The Morgan fingerprint density at radius 1 is 1.00 bits per heavy atom. The van der Waals surface area contributed by atoms with Gasteiger partial charge in [0.1, 0.15) is 5.70 Å². The van der Waals surface area contributed by atoms with Gasteiger partial charge in [-0.2, -0.15) is 0 Å². The molecule has 0 saturated carbocycles. The highest BCUT2D eigenvalue weighted by Crippen LogP contribution is 2.29. The molecule has 160 valence electrons. The number of carbonyl (C=O) groups is 2. The molecular formula is C23H28N2O5. The van der Waals surface area contributed by atoms with Crippen molar-refractivity contribution in [2.75, 3.05) is 26.4 Å². The number of carbonyl (C=O) groups excluding carboxylic acids is 2. The summed E-state index contributed by atoms with van der Waals surface area (Å²) in [7, 11) is 0. The summed E-state index contributed by atoms with van der Waals surface area (Å²) < 4.78 is 11.2. The lowest BCUT2D eigenvalue weighted by Gasteiger charge is -2.13.